The molecule has 0 radical (unpaired) electrons. The van der Waals surface area contributed by atoms with Crippen LogP contribution in [0.25, 0.3) is 5.65 Å². The van der Waals surface area contributed by atoms with Crippen LogP contribution in [-0.4, -0.2) is 50.2 Å². The summed E-state index contributed by atoms with van der Waals surface area (Å²) in [6.07, 6.45) is 10.4. The topological polar surface area (TPSA) is 76.8 Å². The first-order chi connectivity index (χ1) is 16.0. The number of rotatable bonds is 5. The van der Waals surface area contributed by atoms with E-state index in [-0.39, 0.29) is 17.8 Å². The van der Waals surface area contributed by atoms with Gasteiger partial charge in [0, 0.05) is 43.9 Å². The van der Waals surface area contributed by atoms with Gasteiger partial charge in [0.15, 0.2) is 11.9 Å². The molecule has 1 aliphatic carbocycles. The zero-order valence-corrected chi connectivity index (χ0v) is 18.9. The lowest BCUT2D eigenvalue weighted by molar-refractivity contribution is -0.125. The van der Waals surface area contributed by atoms with Crippen molar-refractivity contribution >= 4 is 17.3 Å². The summed E-state index contributed by atoms with van der Waals surface area (Å²) in [6, 6.07) is 7.73. The van der Waals surface area contributed by atoms with Crippen molar-refractivity contribution in [1.82, 2.24) is 19.3 Å². The van der Waals surface area contributed by atoms with Crippen molar-refractivity contribution in [3.05, 3.63) is 59.8 Å². The lowest BCUT2D eigenvalue weighted by Crippen LogP contribution is -2.40. The number of ketones is 1. The van der Waals surface area contributed by atoms with Gasteiger partial charge in [-0.1, -0.05) is 6.07 Å². The zero-order chi connectivity index (χ0) is 22.6. The highest BCUT2D eigenvalue weighted by atomic mass is 16.5. The minimum Gasteiger partial charge on any atom is -0.480 e. The third kappa shape index (κ3) is 3.50. The molecule has 2 aliphatic heterocycles. The van der Waals surface area contributed by atoms with E-state index in [1.54, 1.807) is 12.4 Å². The van der Waals surface area contributed by atoms with E-state index >= 15 is 0 Å². The number of pyridine rings is 2. The van der Waals surface area contributed by atoms with Gasteiger partial charge in [-0.05, 0) is 62.1 Å². The van der Waals surface area contributed by atoms with E-state index in [2.05, 4.69) is 9.97 Å². The second kappa shape index (κ2) is 7.68. The molecule has 33 heavy (non-hydrogen) atoms. The molecule has 3 aromatic rings. The summed E-state index contributed by atoms with van der Waals surface area (Å²) in [7, 11) is 0. The quantitative estimate of drug-likeness (QED) is 0.601. The van der Waals surface area contributed by atoms with Gasteiger partial charge >= 0.3 is 0 Å². The Bertz CT molecular complexity index is 1220. The summed E-state index contributed by atoms with van der Waals surface area (Å²) in [6.45, 7) is 3.45. The van der Waals surface area contributed by atoms with Gasteiger partial charge in [-0.3, -0.25) is 19.0 Å². The third-order valence-corrected chi connectivity index (χ3v) is 7.95. The van der Waals surface area contributed by atoms with Crippen LogP contribution in [0.15, 0.2) is 42.9 Å². The molecule has 1 saturated heterocycles. The van der Waals surface area contributed by atoms with Gasteiger partial charge < -0.3 is 9.64 Å². The van der Waals surface area contributed by atoms with Crippen LogP contribution < -0.4 is 4.74 Å². The maximum Gasteiger partial charge on any atom is 0.272 e. The predicted octanol–water partition coefficient (Wildman–Crippen LogP) is 3.63. The van der Waals surface area contributed by atoms with Crippen molar-refractivity contribution < 1.29 is 14.3 Å². The number of Topliss-reactive ketones (excluding diaryl/α,β-unsaturated/α-hetero) is 1. The molecule has 7 nitrogen and oxygen atoms in total. The number of amides is 1. The van der Waals surface area contributed by atoms with E-state index in [0.717, 1.165) is 55.0 Å². The van der Waals surface area contributed by atoms with Crippen molar-refractivity contribution in [2.75, 3.05) is 13.1 Å². The second-order valence-electron chi connectivity index (χ2n) is 9.83. The molecule has 1 spiro atoms. The largest absolute Gasteiger partial charge is 0.480 e. The highest BCUT2D eigenvalue weighted by Gasteiger charge is 2.54. The molecule has 6 rings (SSSR count). The molecule has 3 aliphatic rings. The number of carbonyl (C=O) groups is 2. The number of nitrogens with zero attached hydrogens (tertiary/aromatic N) is 4. The van der Waals surface area contributed by atoms with Crippen LogP contribution in [0.4, 0.5) is 0 Å². The fraction of sp³-hybridized carbons (Fsp3) is 0.462. The molecule has 1 amide bonds. The molecule has 2 atom stereocenters. The number of likely N-dealkylation sites (tertiary alicyclic amines) is 1. The van der Waals surface area contributed by atoms with Crippen molar-refractivity contribution in [1.29, 1.82) is 0 Å². The average Bonchev–Trinajstić information content (AvgIpc) is 3.17. The van der Waals surface area contributed by atoms with Gasteiger partial charge in [0.25, 0.3) is 5.91 Å². The Hall–Kier alpha value is -3.22. The summed E-state index contributed by atoms with van der Waals surface area (Å²) in [4.78, 5) is 36.6. The smallest absolute Gasteiger partial charge is 0.272 e. The minimum absolute atomic E-state index is 0.0702. The Morgan fingerprint density at radius 2 is 2.06 bits per heavy atom. The first-order valence-corrected chi connectivity index (χ1v) is 11.9. The maximum atomic E-state index is 13.3. The van der Waals surface area contributed by atoms with E-state index in [0.29, 0.717) is 29.9 Å². The van der Waals surface area contributed by atoms with Crippen molar-refractivity contribution in [3.63, 3.8) is 0 Å². The van der Waals surface area contributed by atoms with E-state index < -0.39 is 0 Å². The number of hydrogen-bond donors (Lipinski definition) is 0. The second-order valence-corrected chi connectivity index (χ2v) is 9.83. The summed E-state index contributed by atoms with van der Waals surface area (Å²) < 4.78 is 7.71. The van der Waals surface area contributed by atoms with Crippen molar-refractivity contribution in [2.45, 2.75) is 51.6 Å². The molecular weight excluding hydrogens is 416 g/mol. The molecular formula is C26H28N4O3. The third-order valence-electron chi connectivity index (χ3n) is 7.95. The van der Waals surface area contributed by atoms with Crippen LogP contribution in [0.1, 0.15) is 53.8 Å². The van der Waals surface area contributed by atoms with Gasteiger partial charge in [-0.25, -0.2) is 4.98 Å². The number of aryl methyl sites for hydroxylation is 1. The number of ether oxygens (including phenoxy) is 1. The van der Waals surface area contributed by atoms with Crippen LogP contribution in [0.3, 0.4) is 0 Å². The van der Waals surface area contributed by atoms with Crippen LogP contribution in [-0.2, 0) is 11.2 Å². The standard InChI is InChI=1S/C26H28N4O3/c1-17-24(30-11-3-2-4-23(30)28-17)25(32)29-12-8-26(9-13-29)15-19(26)5-6-20(31)21-14-18-7-10-27-16-22(18)33-21/h2-4,7,10-11,16,19,21H,5-6,8-9,12-15H2,1H3. The molecule has 0 N–H and O–H groups in total. The lowest BCUT2D eigenvalue weighted by atomic mass is 9.89. The van der Waals surface area contributed by atoms with Gasteiger partial charge in [-0.15, -0.1) is 0 Å². The van der Waals surface area contributed by atoms with Crippen LogP contribution >= 0.6 is 0 Å². The highest BCUT2D eigenvalue weighted by Crippen LogP contribution is 2.61. The molecule has 7 heteroatoms. The summed E-state index contributed by atoms with van der Waals surface area (Å²) >= 11 is 0. The molecule has 2 fully saturated rings. The number of hydrogen-bond acceptors (Lipinski definition) is 5. The summed E-state index contributed by atoms with van der Waals surface area (Å²) in [5, 5.41) is 0. The fourth-order valence-electron chi connectivity index (χ4n) is 5.86. The van der Waals surface area contributed by atoms with Crippen molar-refractivity contribution in [2.24, 2.45) is 11.3 Å². The van der Waals surface area contributed by atoms with E-state index in [4.69, 9.17) is 4.74 Å². The van der Waals surface area contributed by atoms with Crippen LogP contribution in [0.5, 0.6) is 5.75 Å². The molecule has 2 unspecified atom stereocenters. The molecule has 5 heterocycles. The monoisotopic (exact) mass is 444 g/mol. The maximum absolute atomic E-state index is 13.3. The Kier molecular flexibility index (Phi) is 4.75. The molecule has 3 aromatic heterocycles. The SMILES string of the molecule is Cc1nc2ccccn2c1C(=O)N1CCC2(CC1)CC2CCC(=O)C1Cc2ccncc2O1. The minimum atomic E-state index is -0.355. The van der Waals surface area contributed by atoms with Gasteiger partial charge in [-0.2, -0.15) is 0 Å². The summed E-state index contributed by atoms with van der Waals surface area (Å²) in [5.41, 5.74) is 3.65. The summed E-state index contributed by atoms with van der Waals surface area (Å²) in [5.74, 6) is 1.60. The molecule has 1 saturated carbocycles. The average molecular weight is 445 g/mol. The highest BCUT2D eigenvalue weighted by molar-refractivity contribution is 5.94. The van der Waals surface area contributed by atoms with Crippen molar-refractivity contribution in [3.8, 4) is 5.75 Å². The zero-order valence-electron chi connectivity index (χ0n) is 18.9. The number of fused-ring (bicyclic) bond motifs is 2. The lowest BCUT2D eigenvalue weighted by Gasteiger charge is -2.33. The van der Waals surface area contributed by atoms with E-state index in [1.165, 1.54) is 6.42 Å². The predicted molar refractivity (Wildman–Crippen MR) is 122 cm³/mol. The van der Waals surface area contributed by atoms with Crippen LogP contribution in [0.2, 0.25) is 0 Å². The van der Waals surface area contributed by atoms with Crippen LogP contribution in [0, 0.1) is 18.3 Å². The first-order valence-electron chi connectivity index (χ1n) is 11.9. The number of imidazole rings is 1. The Labute approximate surface area is 192 Å². The molecule has 170 valence electrons. The number of piperidine rings is 1. The van der Waals surface area contributed by atoms with Gasteiger partial charge in [0.1, 0.15) is 17.1 Å². The van der Waals surface area contributed by atoms with E-state index in [1.807, 2.05) is 46.7 Å². The normalized spacial score (nSPS) is 22.9. The fourth-order valence-corrected chi connectivity index (χ4v) is 5.86. The van der Waals surface area contributed by atoms with Gasteiger partial charge in [0.2, 0.25) is 0 Å². The number of aromatic nitrogens is 3. The molecule has 0 aromatic carbocycles. The van der Waals surface area contributed by atoms with Gasteiger partial charge in [0.05, 0.1) is 11.9 Å². The first kappa shape index (κ1) is 20.4. The molecule has 0 bridgehead atoms. The Balaban J connectivity index is 1.03. The Morgan fingerprint density at radius 1 is 1.21 bits per heavy atom. The Morgan fingerprint density at radius 3 is 2.88 bits per heavy atom. The van der Waals surface area contributed by atoms with E-state index in [9.17, 15) is 9.59 Å². The number of carbonyl (C=O) groups excluding carboxylic acids is 2.